The smallest absolute Gasteiger partial charge is 0.255 e. The number of nitrogens with zero attached hydrogens (tertiary/aromatic N) is 1. The summed E-state index contributed by atoms with van der Waals surface area (Å²) in [5.41, 5.74) is 1.83. The van der Waals surface area contributed by atoms with Crippen LogP contribution in [-0.2, 0) is 0 Å². The molecule has 1 aliphatic rings. The zero-order valence-corrected chi connectivity index (χ0v) is 12.4. The Morgan fingerprint density at radius 3 is 2.86 bits per heavy atom. The maximum absolute atomic E-state index is 13.0. The van der Waals surface area contributed by atoms with Crippen LogP contribution in [0.2, 0.25) is 0 Å². The zero-order valence-electron chi connectivity index (χ0n) is 12.4. The molecule has 1 aromatic heterocycles. The Balaban J connectivity index is 1.79. The zero-order chi connectivity index (χ0) is 15.5. The Hall–Kier alpha value is -2.21. The SMILES string of the molecule is CC1CNCCC1NC(=O)c1cn[nH]c1-c1ccc(F)cc1. The molecule has 2 aromatic rings. The number of aromatic nitrogens is 2. The third-order valence-electron chi connectivity index (χ3n) is 4.12. The molecule has 3 N–H and O–H groups in total. The lowest BCUT2D eigenvalue weighted by molar-refractivity contribution is 0.0915. The number of hydrogen-bond donors (Lipinski definition) is 3. The van der Waals surface area contributed by atoms with Gasteiger partial charge >= 0.3 is 0 Å². The van der Waals surface area contributed by atoms with Crippen molar-refractivity contribution >= 4 is 5.91 Å². The second-order valence-electron chi connectivity index (χ2n) is 5.72. The highest BCUT2D eigenvalue weighted by atomic mass is 19.1. The van der Waals surface area contributed by atoms with Gasteiger partial charge in [0.15, 0.2) is 0 Å². The van der Waals surface area contributed by atoms with Crippen LogP contribution in [0.1, 0.15) is 23.7 Å². The first kappa shape index (κ1) is 14.7. The van der Waals surface area contributed by atoms with Crippen molar-refractivity contribution in [3.8, 4) is 11.3 Å². The Morgan fingerprint density at radius 1 is 1.36 bits per heavy atom. The van der Waals surface area contributed by atoms with Crippen molar-refractivity contribution < 1.29 is 9.18 Å². The first-order valence-corrected chi connectivity index (χ1v) is 7.46. The molecule has 0 bridgehead atoms. The van der Waals surface area contributed by atoms with Crippen molar-refractivity contribution in [3.05, 3.63) is 41.8 Å². The van der Waals surface area contributed by atoms with Gasteiger partial charge in [0.1, 0.15) is 5.82 Å². The number of amides is 1. The van der Waals surface area contributed by atoms with Gasteiger partial charge < -0.3 is 10.6 Å². The maximum Gasteiger partial charge on any atom is 0.255 e. The number of carbonyl (C=O) groups excluding carboxylic acids is 1. The van der Waals surface area contributed by atoms with E-state index in [1.807, 2.05) is 0 Å². The molecule has 22 heavy (non-hydrogen) atoms. The number of halogens is 1. The molecule has 0 aliphatic carbocycles. The van der Waals surface area contributed by atoms with Crippen LogP contribution in [0.3, 0.4) is 0 Å². The monoisotopic (exact) mass is 302 g/mol. The number of piperidine rings is 1. The van der Waals surface area contributed by atoms with Gasteiger partial charge in [-0.15, -0.1) is 0 Å². The van der Waals surface area contributed by atoms with Gasteiger partial charge in [-0.2, -0.15) is 5.10 Å². The predicted octanol–water partition coefficient (Wildman–Crippen LogP) is 1.94. The number of benzene rings is 1. The van der Waals surface area contributed by atoms with Crippen LogP contribution in [0.25, 0.3) is 11.3 Å². The minimum Gasteiger partial charge on any atom is -0.349 e. The van der Waals surface area contributed by atoms with Crippen LogP contribution in [0.5, 0.6) is 0 Å². The lowest BCUT2D eigenvalue weighted by atomic mass is 9.95. The minimum atomic E-state index is -0.308. The van der Waals surface area contributed by atoms with Crippen LogP contribution >= 0.6 is 0 Å². The second kappa shape index (κ2) is 6.27. The van der Waals surface area contributed by atoms with Gasteiger partial charge in [-0.25, -0.2) is 4.39 Å². The highest BCUT2D eigenvalue weighted by molar-refractivity contribution is 5.99. The number of H-pyrrole nitrogens is 1. The van der Waals surface area contributed by atoms with E-state index in [1.54, 1.807) is 12.1 Å². The van der Waals surface area contributed by atoms with Gasteiger partial charge in [0, 0.05) is 11.6 Å². The summed E-state index contributed by atoms with van der Waals surface area (Å²) in [6.07, 6.45) is 2.43. The Bertz CT molecular complexity index is 652. The second-order valence-corrected chi connectivity index (χ2v) is 5.72. The molecule has 1 aliphatic heterocycles. The summed E-state index contributed by atoms with van der Waals surface area (Å²) >= 11 is 0. The number of hydrogen-bond acceptors (Lipinski definition) is 3. The molecule has 3 rings (SSSR count). The lowest BCUT2D eigenvalue weighted by Gasteiger charge is -2.30. The van der Waals surface area contributed by atoms with E-state index < -0.39 is 0 Å². The number of aromatic amines is 1. The molecule has 6 heteroatoms. The quantitative estimate of drug-likeness (QED) is 0.811. The Labute approximate surface area is 128 Å². The van der Waals surface area contributed by atoms with Crippen molar-refractivity contribution in [2.24, 2.45) is 5.92 Å². The Morgan fingerprint density at radius 2 is 2.14 bits per heavy atom. The molecule has 116 valence electrons. The highest BCUT2D eigenvalue weighted by Crippen LogP contribution is 2.22. The fourth-order valence-corrected chi connectivity index (χ4v) is 2.77. The van der Waals surface area contributed by atoms with E-state index in [-0.39, 0.29) is 17.8 Å². The van der Waals surface area contributed by atoms with Crippen molar-refractivity contribution in [1.29, 1.82) is 0 Å². The van der Waals surface area contributed by atoms with Crippen molar-refractivity contribution in [2.75, 3.05) is 13.1 Å². The first-order chi connectivity index (χ1) is 10.6. The van der Waals surface area contributed by atoms with Gasteiger partial charge in [-0.1, -0.05) is 6.92 Å². The number of carbonyl (C=O) groups is 1. The summed E-state index contributed by atoms with van der Waals surface area (Å²) in [6, 6.07) is 6.16. The van der Waals surface area contributed by atoms with E-state index in [9.17, 15) is 9.18 Å². The summed E-state index contributed by atoms with van der Waals surface area (Å²) < 4.78 is 13.0. The van der Waals surface area contributed by atoms with E-state index in [0.717, 1.165) is 25.1 Å². The molecule has 2 atom stereocenters. The normalized spacial score (nSPS) is 21.5. The molecule has 0 saturated carbocycles. The van der Waals surface area contributed by atoms with Crippen LogP contribution in [-0.4, -0.2) is 35.2 Å². The van der Waals surface area contributed by atoms with Crippen LogP contribution in [0.15, 0.2) is 30.5 Å². The topological polar surface area (TPSA) is 69.8 Å². The molecule has 5 nitrogen and oxygen atoms in total. The summed E-state index contributed by atoms with van der Waals surface area (Å²) in [5.74, 6) is -0.0662. The maximum atomic E-state index is 13.0. The molecule has 1 fully saturated rings. The third kappa shape index (κ3) is 3.01. The fourth-order valence-electron chi connectivity index (χ4n) is 2.77. The average molecular weight is 302 g/mol. The van der Waals surface area contributed by atoms with Crippen molar-refractivity contribution in [1.82, 2.24) is 20.8 Å². The van der Waals surface area contributed by atoms with E-state index in [0.29, 0.717) is 17.2 Å². The van der Waals surface area contributed by atoms with E-state index >= 15 is 0 Å². The van der Waals surface area contributed by atoms with Gasteiger partial charge in [-0.05, 0) is 49.7 Å². The summed E-state index contributed by atoms with van der Waals surface area (Å²) in [4.78, 5) is 12.5. The van der Waals surface area contributed by atoms with Crippen LogP contribution < -0.4 is 10.6 Å². The van der Waals surface area contributed by atoms with E-state index in [1.165, 1.54) is 18.3 Å². The van der Waals surface area contributed by atoms with Gasteiger partial charge in [0.25, 0.3) is 5.91 Å². The number of nitrogens with one attached hydrogen (secondary N) is 3. The van der Waals surface area contributed by atoms with Crippen molar-refractivity contribution in [2.45, 2.75) is 19.4 Å². The molecular formula is C16H19FN4O. The molecule has 0 radical (unpaired) electrons. The van der Waals surface area contributed by atoms with Crippen molar-refractivity contribution in [3.63, 3.8) is 0 Å². The minimum absolute atomic E-state index is 0.146. The fraction of sp³-hybridized carbons (Fsp3) is 0.375. The highest BCUT2D eigenvalue weighted by Gasteiger charge is 2.24. The summed E-state index contributed by atoms with van der Waals surface area (Å²) in [5, 5.41) is 13.2. The molecule has 0 spiro atoms. The molecule has 1 amide bonds. The third-order valence-corrected chi connectivity index (χ3v) is 4.12. The number of rotatable bonds is 3. The van der Waals surface area contributed by atoms with E-state index in [4.69, 9.17) is 0 Å². The molecule has 2 unspecified atom stereocenters. The predicted molar refractivity (Wildman–Crippen MR) is 81.9 cm³/mol. The van der Waals surface area contributed by atoms with Gasteiger partial charge in [0.05, 0.1) is 17.5 Å². The van der Waals surface area contributed by atoms with Crippen LogP contribution in [0, 0.1) is 11.7 Å². The molecule has 1 aromatic carbocycles. The lowest BCUT2D eigenvalue weighted by Crippen LogP contribution is -2.48. The van der Waals surface area contributed by atoms with E-state index in [2.05, 4.69) is 27.8 Å². The summed E-state index contributed by atoms with van der Waals surface area (Å²) in [6.45, 7) is 3.93. The van der Waals surface area contributed by atoms with Crippen LogP contribution in [0.4, 0.5) is 4.39 Å². The molecule has 1 saturated heterocycles. The summed E-state index contributed by atoms with van der Waals surface area (Å²) in [7, 11) is 0. The standard InChI is InChI=1S/C16H19FN4O/c1-10-8-18-7-6-14(10)20-16(22)13-9-19-21-15(13)11-2-4-12(17)5-3-11/h2-5,9-10,14,18H,6-8H2,1H3,(H,19,21)(H,20,22). The first-order valence-electron chi connectivity index (χ1n) is 7.46. The Kier molecular flexibility index (Phi) is 4.20. The van der Waals surface area contributed by atoms with Gasteiger partial charge in [-0.3, -0.25) is 9.89 Å². The largest absolute Gasteiger partial charge is 0.349 e. The van der Waals surface area contributed by atoms with Gasteiger partial charge in [0.2, 0.25) is 0 Å². The molecule has 2 heterocycles. The average Bonchev–Trinajstić information content (AvgIpc) is 3.00. The molecular weight excluding hydrogens is 283 g/mol.